The van der Waals surface area contributed by atoms with Gasteiger partial charge in [-0.05, 0) is 33.8 Å². The van der Waals surface area contributed by atoms with Gasteiger partial charge in [0.2, 0.25) is 0 Å². The van der Waals surface area contributed by atoms with E-state index in [-0.39, 0.29) is 6.01 Å². The van der Waals surface area contributed by atoms with Crippen molar-refractivity contribution >= 4 is 24.4 Å². The zero-order valence-corrected chi connectivity index (χ0v) is 18.1. The summed E-state index contributed by atoms with van der Waals surface area (Å²) in [6.45, 7) is 9.29. The molecule has 0 saturated carbocycles. The average molecular weight is 450 g/mol. The van der Waals surface area contributed by atoms with Gasteiger partial charge in [-0.3, -0.25) is 0 Å². The Balaban J connectivity index is 1.46. The van der Waals surface area contributed by atoms with Crippen molar-refractivity contribution in [2.24, 2.45) is 0 Å². The van der Waals surface area contributed by atoms with Crippen LogP contribution in [0, 0.1) is 11.3 Å². The van der Waals surface area contributed by atoms with Gasteiger partial charge in [-0.2, -0.15) is 18.4 Å². The van der Waals surface area contributed by atoms with E-state index in [1.54, 1.807) is 17.2 Å². The van der Waals surface area contributed by atoms with Crippen molar-refractivity contribution in [2.45, 2.75) is 45.1 Å². The Hall–Kier alpha value is -2.85. The molecule has 0 amide bonds. The zero-order valence-electron chi connectivity index (χ0n) is 18.1. The summed E-state index contributed by atoms with van der Waals surface area (Å²) in [5.41, 5.74) is -0.0173. The molecule has 0 aliphatic carbocycles. The van der Waals surface area contributed by atoms with Crippen LogP contribution in [0.4, 0.5) is 25.0 Å². The third-order valence-electron chi connectivity index (χ3n) is 6.04. The van der Waals surface area contributed by atoms with Gasteiger partial charge >= 0.3 is 25.2 Å². The minimum atomic E-state index is -4.68. The number of hydrogen-bond acceptors (Lipinski definition) is 9. The molecule has 32 heavy (non-hydrogen) atoms. The maximum atomic E-state index is 12.7. The molecule has 0 N–H and O–H groups in total. The molecule has 2 aliphatic rings. The third kappa shape index (κ3) is 4.00. The summed E-state index contributed by atoms with van der Waals surface area (Å²) >= 11 is 0. The molecule has 0 spiro atoms. The van der Waals surface area contributed by atoms with E-state index in [2.05, 4.69) is 21.3 Å². The standard InChI is InChI=1S/C19H22BF3N6O3/c1-17(2)18(3,4)32-20(31-17)13-9-12(10-24)14(25-11-13)28-5-7-29(8-6-28)16-27-26-15(30-16)19(21,22)23/h9,11H,5-8H2,1-4H3. The van der Waals surface area contributed by atoms with Crippen LogP contribution >= 0.6 is 0 Å². The highest BCUT2D eigenvalue weighted by molar-refractivity contribution is 6.62. The molecule has 170 valence electrons. The molecule has 13 heteroatoms. The fourth-order valence-electron chi connectivity index (χ4n) is 3.48. The van der Waals surface area contributed by atoms with E-state index in [1.165, 1.54) is 0 Å². The molecule has 0 atom stereocenters. The van der Waals surface area contributed by atoms with Gasteiger partial charge in [-0.15, -0.1) is 5.10 Å². The van der Waals surface area contributed by atoms with Crippen molar-refractivity contribution in [1.82, 2.24) is 15.2 Å². The minimum Gasteiger partial charge on any atom is -0.399 e. The first-order chi connectivity index (χ1) is 14.9. The van der Waals surface area contributed by atoms with Gasteiger partial charge in [0.1, 0.15) is 11.9 Å². The van der Waals surface area contributed by atoms with Gasteiger partial charge in [0, 0.05) is 37.8 Å². The molecule has 2 fully saturated rings. The molecule has 0 aromatic carbocycles. The summed E-state index contributed by atoms with van der Waals surface area (Å²) in [6.07, 6.45) is -3.06. The Morgan fingerprint density at radius 3 is 2.16 bits per heavy atom. The molecular formula is C19H22BF3N6O3. The van der Waals surface area contributed by atoms with E-state index in [4.69, 9.17) is 13.7 Å². The number of nitrogens with zero attached hydrogens (tertiary/aromatic N) is 6. The van der Waals surface area contributed by atoms with E-state index < -0.39 is 30.4 Å². The van der Waals surface area contributed by atoms with Crippen molar-refractivity contribution in [3.05, 3.63) is 23.7 Å². The maximum Gasteiger partial charge on any atom is 0.496 e. The summed E-state index contributed by atoms with van der Waals surface area (Å²) in [5.74, 6) is -0.879. The van der Waals surface area contributed by atoms with Gasteiger partial charge in [-0.25, -0.2) is 4.98 Å². The molecule has 4 rings (SSSR count). The van der Waals surface area contributed by atoms with Crippen LogP contribution in [-0.4, -0.2) is 59.7 Å². The summed E-state index contributed by atoms with van der Waals surface area (Å²) in [5, 5.41) is 16.2. The highest BCUT2D eigenvalue weighted by atomic mass is 19.4. The summed E-state index contributed by atoms with van der Waals surface area (Å²) in [7, 11) is -0.633. The molecular weight excluding hydrogens is 428 g/mol. The van der Waals surface area contributed by atoms with Crippen LogP contribution in [0.5, 0.6) is 0 Å². The fraction of sp³-hybridized carbons (Fsp3) is 0.579. The second-order valence-corrected chi connectivity index (χ2v) is 8.70. The van der Waals surface area contributed by atoms with Crippen LogP contribution in [0.1, 0.15) is 39.1 Å². The Kier molecular flexibility index (Phi) is 5.33. The highest BCUT2D eigenvalue weighted by Crippen LogP contribution is 2.36. The Labute approximate surface area is 183 Å². The van der Waals surface area contributed by atoms with Crippen LogP contribution in [0.2, 0.25) is 0 Å². The number of rotatable bonds is 3. The van der Waals surface area contributed by atoms with Gasteiger partial charge in [0.05, 0.1) is 16.8 Å². The molecule has 0 unspecified atom stereocenters. The first-order valence-electron chi connectivity index (χ1n) is 10.1. The lowest BCUT2D eigenvalue weighted by atomic mass is 9.79. The number of nitriles is 1. The largest absolute Gasteiger partial charge is 0.496 e. The quantitative estimate of drug-likeness (QED) is 0.650. The number of hydrogen-bond donors (Lipinski definition) is 0. The number of alkyl halides is 3. The lowest BCUT2D eigenvalue weighted by Gasteiger charge is -2.34. The van der Waals surface area contributed by atoms with Gasteiger partial charge in [-0.1, -0.05) is 5.10 Å². The Bertz CT molecular complexity index is 1030. The first kappa shape index (κ1) is 22.4. The molecule has 9 nitrogen and oxygen atoms in total. The molecule has 2 aromatic rings. The smallest absolute Gasteiger partial charge is 0.399 e. The second-order valence-electron chi connectivity index (χ2n) is 8.70. The Morgan fingerprint density at radius 1 is 1.03 bits per heavy atom. The fourth-order valence-corrected chi connectivity index (χ4v) is 3.48. The molecule has 4 heterocycles. The van der Waals surface area contributed by atoms with E-state index in [1.807, 2.05) is 32.6 Å². The van der Waals surface area contributed by atoms with E-state index in [0.717, 1.165) is 0 Å². The topological polar surface area (TPSA) is 101 Å². The molecule has 2 aromatic heterocycles. The van der Waals surface area contributed by atoms with Crippen molar-refractivity contribution in [1.29, 1.82) is 5.26 Å². The van der Waals surface area contributed by atoms with Crippen LogP contribution in [0.15, 0.2) is 16.7 Å². The zero-order chi connectivity index (χ0) is 23.3. The third-order valence-corrected chi connectivity index (χ3v) is 6.04. The predicted molar refractivity (Wildman–Crippen MR) is 108 cm³/mol. The van der Waals surface area contributed by atoms with Crippen molar-refractivity contribution in [3.8, 4) is 6.07 Å². The lowest BCUT2D eigenvalue weighted by Crippen LogP contribution is -2.47. The van der Waals surface area contributed by atoms with Crippen LogP contribution in [0.3, 0.4) is 0 Å². The normalized spacial score (nSPS) is 20.5. The number of anilines is 2. The molecule has 2 saturated heterocycles. The summed E-state index contributed by atoms with van der Waals surface area (Å²) in [4.78, 5) is 7.94. The molecule has 2 aliphatic heterocycles. The lowest BCUT2D eigenvalue weighted by molar-refractivity contribution is -0.157. The average Bonchev–Trinajstić information content (AvgIpc) is 3.30. The second kappa shape index (κ2) is 7.63. The monoisotopic (exact) mass is 450 g/mol. The minimum absolute atomic E-state index is 0.179. The first-order valence-corrected chi connectivity index (χ1v) is 10.1. The number of halogens is 3. The van der Waals surface area contributed by atoms with Gasteiger partial charge < -0.3 is 23.5 Å². The summed E-state index contributed by atoms with van der Waals surface area (Å²) in [6, 6.07) is 3.69. The van der Waals surface area contributed by atoms with Crippen LogP contribution < -0.4 is 15.3 Å². The van der Waals surface area contributed by atoms with Crippen LogP contribution in [0.25, 0.3) is 0 Å². The van der Waals surface area contributed by atoms with Crippen molar-refractivity contribution < 1.29 is 26.9 Å². The molecule has 0 bridgehead atoms. The Morgan fingerprint density at radius 2 is 1.62 bits per heavy atom. The van der Waals surface area contributed by atoms with Crippen LogP contribution in [-0.2, 0) is 15.5 Å². The maximum absolute atomic E-state index is 12.7. The van der Waals surface area contributed by atoms with Crippen molar-refractivity contribution in [2.75, 3.05) is 36.0 Å². The van der Waals surface area contributed by atoms with Gasteiger partial charge in [0.15, 0.2) is 0 Å². The van der Waals surface area contributed by atoms with Crippen molar-refractivity contribution in [3.63, 3.8) is 0 Å². The number of pyridine rings is 1. The van der Waals surface area contributed by atoms with E-state index in [9.17, 15) is 18.4 Å². The van der Waals surface area contributed by atoms with Gasteiger partial charge in [0.25, 0.3) is 0 Å². The number of aromatic nitrogens is 3. The van der Waals surface area contributed by atoms with E-state index in [0.29, 0.717) is 43.0 Å². The number of piperazine rings is 1. The molecule has 0 radical (unpaired) electrons. The predicted octanol–water partition coefficient (Wildman–Crippen LogP) is 1.98. The highest BCUT2D eigenvalue weighted by Gasteiger charge is 2.52. The van der Waals surface area contributed by atoms with E-state index >= 15 is 0 Å². The SMILES string of the molecule is CC1(C)OB(c2cnc(N3CCN(c4nnc(C(F)(F)F)o4)CC3)c(C#N)c2)OC1(C)C. The summed E-state index contributed by atoms with van der Waals surface area (Å²) < 4.78 is 54.9.